The summed E-state index contributed by atoms with van der Waals surface area (Å²) in [5.74, 6) is 1.00. The van der Waals surface area contributed by atoms with Crippen LogP contribution < -0.4 is 10.1 Å². The van der Waals surface area contributed by atoms with Crippen LogP contribution in [0.1, 0.15) is 25.3 Å². The minimum Gasteiger partial charge on any atom is -0.496 e. The summed E-state index contributed by atoms with van der Waals surface area (Å²) in [5.41, 5.74) is 1.29. The molecular weight excluding hydrogens is 224 g/mol. The maximum atomic E-state index is 5.44. The van der Waals surface area contributed by atoms with Crippen molar-refractivity contribution in [2.75, 3.05) is 26.7 Å². The Morgan fingerprint density at radius 3 is 2.67 bits per heavy atom. The van der Waals surface area contributed by atoms with Crippen LogP contribution in [0.15, 0.2) is 24.3 Å². The first-order chi connectivity index (χ1) is 8.85. The van der Waals surface area contributed by atoms with Gasteiger partial charge in [-0.05, 0) is 38.5 Å². The van der Waals surface area contributed by atoms with Crippen molar-refractivity contribution in [3.8, 4) is 5.75 Å². The molecule has 1 aromatic rings. The fourth-order valence-corrected chi connectivity index (χ4v) is 2.72. The molecule has 0 saturated carbocycles. The summed E-state index contributed by atoms with van der Waals surface area (Å²) in [6.07, 6.45) is 2.51. The molecule has 0 spiro atoms. The predicted molar refractivity (Wildman–Crippen MR) is 75.0 cm³/mol. The number of rotatable bonds is 5. The van der Waals surface area contributed by atoms with Crippen LogP contribution >= 0.6 is 0 Å². The molecule has 1 aliphatic heterocycles. The lowest BCUT2D eigenvalue weighted by molar-refractivity contribution is 0.160. The minimum atomic E-state index is 0.709. The third kappa shape index (κ3) is 3.24. The van der Waals surface area contributed by atoms with Gasteiger partial charge in [-0.1, -0.05) is 25.1 Å². The van der Waals surface area contributed by atoms with Gasteiger partial charge in [0.15, 0.2) is 0 Å². The Labute approximate surface area is 110 Å². The number of nitrogens with one attached hydrogen (secondary N) is 1. The molecule has 1 fully saturated rings. The Morgan fingerprint density at radius 1 is 1.28 bits per heavy atom. The molecule has 0 aliphatic carbocycles. The highest BCUT2D eigenvalue weighted by Crippen LogP contribution is 2.22. The topological polar surface area (TPSA) is 24.5 Å². The molecule has 0 bridgehead atoms. The molecule has 18 heavy (non-hydrogen) atoms. The van der Waals surface area contributed by atoms with Gasteiger partial charge in [0.1, 0.15) is 5.75 Å². The third-order valence-corrected chi connectivity index (χ3v) is 3.80. The quantitative estimate of drug-likeness (QED) is 0.865. The van der Waals surface area contributed by atoms with Crippen LogP contribution in [0, 0.1) is 0 Å². The van der Waals surface area contributed by atoms with E-state index in [1.807, 2.05) is 12.1 Å². The molecule has 1 saturated heterocycles. The van der Waals surface area contributed by atoms with Gasteiger partial charge in [-0.25, -0.2) is 0 Å². The highest BCUT2D eigenvalue weighted by molar-refractivity contribution is 5.33. The maximum absolute atomic E-state index is 5.44. The van der Waals surface area contributed by atoms with Gasteiger partial charge >= 0.3 is 0 Å². The third-order valence-electron chi connectivity index (χ3n) is 3.80. The summed E-state index contributed by atoms with van der Waals surface area (Å²) in [6, 6.07) is 9.05. The number of methoxy groups -OCH3 is 1. The second kappa shape index (κ2) is 6.76. The van der Waals surface area contributed by atoms with Crippen molar-refractivity contribution in [2.24, 2.45) is 0 Å². The van der Waals surface area contributed by atoms with Gasteiger partial charge in [-0.2, -0.15) is 0 Å². The fraction of sp³-hybridized carbons (Fsp3) is 0.600. The number of nitrogens with zero attached hydrogens (tertiary/aromatic N) is 1. The zero-order chi connectivity index (χ0) is 12.8. The second-order valence-electron chi connectivity index (χ2n) is 4.86. The van der Waals surface area contributed by atoms with Crippen molar-refractivity contribution >= 4 is 0 Å². The molecule has 1 N–H and O–H groups in total. The van der Waals surface area contributed by atoms with Gasteiger partial charge in [-0.15, -0.1) is 0 Å². The lowest BCUT2D eigenvalue weighted by Gasteiger charge is -2.34. The molecule has 1 aromatic carbocycles. The van der Waals surface area contributed by atoms with E-state index >= 15 is 0 Å². The molecule has 3 heteroatoms. The van der Waals surface area contributed by atoms with Crippen LogP contribution in [0.4, 0.5) is 0 Å². The lowest BCUT2D eigenvalue weighted by atomic mass is 10.0. The van der Waals surface area contributed by atoms with Gasteiger partial charge in [0, 0.05) is 18.2 Å². The van der Waals surface area contributed by atoms with Crippen LogP contribution in [-0.2, 0) is 6.54 Å². The number of piperidine rings is 1. The Hall–Kier alpha value is -1.06. The SMILES string of the molecule is CCN(Cc1ccccc1OC)C1CCNCC1. The maximum Gasteiger partial charge on any atom is 0.123 e. The fourth-order valence-electron chi connectivity index (χ4n) is 2.72. The normalized spacial score (nSPS) is 17.1. The number of para-hydroxylation sites is 1. The zero-order valence-corrected chi connectivity index (χ0v) is 11.5. The first kappa shape index (κ1) is 13.4. The van der Waals surface area contributed by atoms with Crippen molar-refractivity contribution < 1.29 is 4.74 Å². The Bertz CT molecular complexity index is 361. The molecule has 0 radical (unpaired) electrons. The molecule has 100 valence electrons. The van der Waals surface area contributed by atoms with E-state index in [4.69, 9.17) is 4.74 Å². The van der Waals surface area contributed by atoms with Crippen molar-refractivity contribution in [1.82, 2.24) is 10.2 Å². The van der Waals surface area contributed by atoms with E-state index in [9.17, 15) is 0 Å². The van der Waals surface area contributed by atoms with E-state index in [0.717, 1.165) is 31.9 Å². The first-order valence-corrected chi connectivity index (χ1v) is 6.91. The van der Waals surface area contributed by atoms with Crippen LogP contribution in [0.2, 0.25) is 0 Å². The van der Waals surface area contributed by atoms with Crippen LogP contribution in [0.25, 0.3) is 0 Å². The number of hydrogen-bond acceptors (Lipinski definition) is 3. The molecule has 0 amide bonds. The van der Waals surface area contributed by atoms with Gasteiger partial charge < -0.3 is 10.1 Å². The van der Waals surface area contributed by atoms with Gasteiger partial charge in [0.2, 0.25) is 0 Å². The highest BCUT2D eigenvalue weighted by atomic mass is 16.5. The molecule has 1 heterocycles. The summed E-state index contributed by atoms with van der Waals surface area (Å²) < 4.78 is 5.44. The minimum absolute atomic E-state index is 0.709. The second-order valence-corrected chi connectivity index (χ2v) is 4.86. The smallest absolute Gasteiger partial charge is 0.123 e. The summed E-state index contributed by atoms with van der Waals surface area (Å²) in [6.45, 7) is 6.63. The first-order valence-electron chi connectivity index (χ1n) is 6.91. The van der Waals surface area contributed by atoms with Crippen molar-refractivity contribution in [2.45, 2.75) is 32.4 Å². The molecule has 2 rings (SSSR count). The molecular formula is C15H24N2O. The van der Waals surface area contributed by atoms with Crippen LogP contribution in [0.5, 0.6) is 5.75 Å². The summed E-state index contributed by atoms with van der Waals surface area (Å²) in [5, 5.41) is 3.43. The summed E-state index contributed by atoms with van der Waals surface area (Å²) in [7, 11) is 1.75. The van der Waals surface area contributed by atoms with Gasteiger partial charge in [-0.3, -0.25) is 4.90 Å². The average Bonchev–Trinajstić information content (AvgIpc) is 2.46. The van der Waals surface area contributed by atoms with Crippen molar-refractivity contribution in [3.05, 3.63) is 29.8 Å². The van der Waals surface area contributed by atoms with E-state index in [0.29, 0.717) is 6.04 Å². The Balaban J connectivity index is 2.04. The lowest BCUT2D eigenvalue weighted by Crippen LogP contribution is -2.42. The van der Waals surface area contributed by atoms with Crippen molar-refractivity contribution in [1.29, 1.82) is 0 Å². The van der Waals surface area contributed by atoms with Gasteiger partial charge in [0.05, 0.1) is 7.11 Å². The van der Waals surface area contributed by atoms with E-state index < -0.39 is 0 Å². The Morgan fingerprint density at radius 2 is 2.00 bits per heavy atom. The number of hydrogen-bond donors (Lipinski definition) is 1. The van der Waals surface area contributed by atoms with Crippen molar-refractivity contribution in [3.63, 3.8) is 0 Å². The summed E-state index contributed by atoms with van der Waals surface area (Å²) in [4.78, 5) is 2.57. The van der Waals surface area contributed by atoms with E-state index in [-0.39, 0.29) is 0 Å². The molecule has 3 nitrogen and oxygen atoms in total. The van der Waals surface area contributed by atoms with Crippen LogP contribution in [0.3, 0.4) is 0 Å². The molecule has 0 aromatic heterocycles. The Kier molecular flexibility index (Phi) is 5.02. The zero-order valence-electron chi connectivity index (χ0n) is 11.5. The van der Waals surface area contributed by atoms with E-state index in [1.165, 1.54) is 18.4 Å². The molecule has 1 aliphatic rings. The largest absolute Gasteiger partial charge is 0.496 e. The van der Waals surface area contributed by atoms with E-state index in [2.05, 4.69) is 29.3 Å². The van der Waals surface area contributed by atoms with Gasteiger partial charge in [0.25, 0.3) is 0 Å². The molecule has 0 atom stereocenters. The number of ether oxygens (including phenoxy) is 1. The van der Waals surface area contributed by atoms with E-state index in [1.54, 1.807) is 7.11 Å². The molecule has 0 unspecified atom stereocenters. The summed E-state index contributed by atoms with van der Waals surface area (Å²) >= 11 is 0. The number of benzene rings is 1. The monoisotopic (exact) mass is 248 g/mol. The standard InChI is InChI=1S/C15H24N2O/c1-3-17(14-8-10-16-11-9-14)12-13-6-4-5-7-15(13)18-2/h4-7,14,16H,3,8-12H2,1-2H3. The van der Waals surface area contributed by atoms with Crippen LogP contribution in [-0.4, -0.2) is 37.7 Å². The average molecular weight is 248 g/mol. The highest BCUT2D eigenvalue weighted by Gasteiger charge is 2.20. The predicted octanol–water partition coefficient (Wildman–Crippen LogP) is 2.27.